The molecule has 0 saturated carbocycles. The zero-order valence-electron chi connectivity index (χ0n) is 18.2. The monoisotopic (exact) mass is 426 g/mol. The molecule has 160 valence electrons. The molecule has 0 bridgehead atoms. The van der Waals surface area contributed by atoms with Crippen LogP contribution in [0, 0.1) is 0 Å². The summed E-state index contributed by atoms with van der Waals surface area (Å²) in [6.45, 7) is 2.63. The van der Waals surface area contributed by atoms with Crippen LogP contribution in [-0.4, -0.2) is 52.7 Å². The number of hydrogen-bond donors (Lipinski definition) is 3. The molecule has 0 aromatic heterocycles. The molecule has 4 rings (SSSR count). The second-order valence-electron chi connectivity index (χ2n) is 8.55. The van der Waals surface area contributed by atoms with Crippen molar-refractivity contribution < 1.29 is 0 Å². The molecule has 6 nitrogen and oxygen atoms in total. The molecule has 7 heteroatoms. The third kappa shape index (κ3) is 4.07. The molecule has 0 radical (unpaired) electrons. The summed E-state index contributed by atoms with van der Waals surface area (Å²) in [6, 6.07) is 12.4. The van der Waals surface area contributed by atoms with Crippen molar-refractivity contribution in [3.63, 3.8) is 0 Å². The number of benzene rings is 2. The van der Waals surface area contributed by atoms with Crippen molar-refractivity contribution in [2.75, 3.05) is 56.4 Å². The minimum Gasteiger partial charge on any atom is -0.376 e. The standard InChI is InChI=1S/C23H31ClN6/c1-29(2)20-13-18-19(14-21(20)30(3)4)28-23(8-10-25-11-9-23)22(27-18)26-15-16-6-5-7-17(24)12-16/h5-7,12-14,25,28H,8-11,15H2,1-4H3,(H,26,27). The van der Waals surface area contributed by atoms with E-state index in [1.54, 1.807) is 0 Å². The summed E-state index contributed by atoms with van der Waals surface area (Å²) in [4.78, 5) is 9.43. The summed E-state index contributed by atoms with van der Waals surface area (Å²) in [7, 11) is 8.31. The highest BCUT2D eigenvalue weighted by Gasteiger charge is 2.40. The maximum atomic E-state index is 6.18. The van der Waals surface area contributed by atoms with Crippen molar-refractivity contribution in [2.24, 2.45) is 4.99 Å². The van der Waals surface area contributed by atoms with Crippen molar-refractivity contribution in [3.8, 4) is 0 Å². The van der Waals surface area contributed by atoms with Gasteiger partial charge in [0.15, 0.2) is 0 Å². The summed E-state index contributed by atoms with van der Waals surface area (Å²) in [5.41, 5.74) is 5.37. The Kier molecular flexibility index (Phi) is 5.80. The largest absolute Gasteiger partial charge is 0.376 e. The van der Waals surface area contributed by atoms with Crippen LogP contribution < -0.4 is 25.8 Å². The van der Waals surface area contributed by atoms with E-state index >= 15 is 0 Å². The Hall–Kier alpha value is -2.44. The molecule has 0 aliphatic carbocycles. The van der Waals surface area contributed by atoms with Gasteiger partial charge in [-0.3, -0.25) is 0 Å². The van der Waals surface area contributed by atoms with Gasteiger partial charge in [0, 0.05) is 39.8 Å². The van der Waals surface area contributed by atoms with Crippen LogP contribution in [0.4, 0.5) is 22.7 Å². The third-order valence-corrected chi connectivity index (χ3v) is 6.16. The number of aliphatic imine (C=N–C) groups is 1. The third-order valence-electron chi connectivity index (χ3n) is 5.92. The Morgan fingerprint density at radius 3 is 2.40 bits per heavy atom. The zero-order chi connectivity index (χ0) is 21.3. The van der Waals surface area contributed by atoms with Gasteiger partial charge in [-0.05, 0) is 55.8 Å². The molecule has 3 N–H and O–H groups in total. The Morgan fingerprint density at radius 2 is 1.73 bits per heavy atom. The van der Waals surface area contributed by atoms with Crippen molar-refractivity contribution in [2.45, 2.75) is 24.9 Å². The van der Waals surface area contributed by atoms with Crippen LogP contribution in [0.25, 0.3) is 0 Å². The van der Waals surface area contributed by atoms with Crippen LogP contribution in [-0.2, 0) is 6.54 Å². The van der Waals surface area contributed by atoms with E-state index in [0.29, 0.717) is 6.54 Å². The highest BCUT2D eigenvalue weighted by atomic mass is 35.5. The van der Waals surface area contributed by atoms with Crippen LogP contribution in [0.5, 0.6) is 0 Å². The fourth-order valence-corrected chi connectivity index (χ4v) is 4.49. The lowest BCUT2D eigenvalue weighted by Gasteiger charge is -2.43. The first-order valence-electron chi connectivity index (χ1n) is 10.5. The van der Waals surface area contributed by atoms with Crippen LogP contribution in [0.2, 0.25) is 5.02 Å². The topological polar surface area (TPSA) is 54.9 Å². The van der Waals surface area contributed by atoms with Crippen LogP contribution in [0.3, 0.4) is 0 Å². The number of rotatable bonds is 4. The lowest BCUT2D eigenvalue weighted by molar-refractivity contribution is 0.412. The van der Waals surface area contributed by atoms with Gasteiger partial charge in [-0.15, -0.1) is 0 Å². The molecular formula is C23H31ClN6. The number of piperidine rings is 1. The average molecular weight is 427 g/mol. The quantitative estimate of drug-likeness (QED) is 0.693. The number of fused-ring (bicyclic) bond motifs is 1. The Morgan fingerprint density at radius 1 is 1.03 bits per heavy atom. The van der Waals surface area contributed by atoms with E-state index in [4.69, 9.17) is 16.6 Å². The molecule has 0 atom stereocenters. The molecule has 2 aromatic carbocycles. The maximum Gasteiger partial charge on any atom is 0.128 e. The first-order chi connectivity index (χ1) is 14.4. The lowest BCUT2D eigenvalue weighted by atomic mass is 9.84. The number of hydrogen-bond acceptors (Lipinski definition) is 6. The number of anilines is 3. The molecule has 30 heavy (non-hydrogen) atoms. The van der Waals surface area contributed by atoms with Gasteiger partial charge in [0.2, 0.25) is 0 Å². The minimum atomic E-state index is -0.181. The number of halogens is 1. The van der Waals surface area contributed by atoms with E-state index in [1.807, 2.05) is 18.2 Å². The first-order valence-corrected chi connectivity index (χ1v) is 10.8. The van der Waals surface area contributed by atoms with E-state index in [0.717, 1.165) is 59.4 Å². The van der Waals surface area contributed by atoms with Gasteiger partial charge in [-0.2, -0.15) is 0 Å². The zero-order valence-corrected chi connectivity index (χ0v) is 19.0. The average Bonchev–Trinajstić information content (AvgIpc) is 2.72. The van der Waals surface area contributed by atoms with Crippen molar-refractivity contribution in [1.82, 2.24) is 10.6 Å². The van der Waals surface area contributed by atoms with E-state index in [-0.39, 0.29) is 5.54 Å². The van der Waals surface area contributed by atoms with Crippen LogP contribution in [0.1, 0.15) is 18.4 Å². The number of amidine groups is 1. The van der Waals surface area contributed by atoms with Crippen molar-refractivity contribution in [1.29, 1.82) is 0 Å². The van der Waals surface area contributed by atoms with Gasteiger partial charge in [0.05, 0.1) is 28.3 Å². The van der Waals surface area contributed by atoms with Crippen molar-refractivity contribution in [3.05, 3.63) is 47.0 Å². The smallest absolute Gasteiger partial charge is 0.128 e. The molecular weight excluding hydrogens is 396 g/mol. The molecule has 1 spiro atoms. The SMILES string of the molecule is CN(C)c1cc2c(cc1N(C)C)NC1(CCNCC1)C(NCc1cccc(Cl)c1)=N2. The van der Waals surface area contributed by atoms with E-state index in [9.17, 15) is 0 Å². The molecule has 1 saturated heterocycles. The summed E-state index contributed by atoms with van der Waals surface area (Å²) in [5, 5.41) is 11.7. The molecule has 2 aliphatic heterocycles. The molecule has 2 aromatic rings. The highest BCUT2D eigenvalue weighted by Crippen LogP contribution is 2.43. The van der Waals surface area contributed by atoms with Crippen LogP contribution in [0.15, 0.2) is 41.4 Å². The summed E-state index contributed by atoms with van der Waals surface area (Å²) in [5.74, 6) is 1.01. The summed E-state index contributed by atoms with van der Waals surface area (Å²) >= 11 is 6.18. The molecule has 2 aliphatic rings. The summed E-state index contributed by atoms with van der Waals surface area (Å²) < 4.78 is 0. The Bertz CT molecular complexity index is 947. The molecule has 0 amide bonds. The second-order valence-corrected chi connectivity index (χ2v) is 8.98. The predicted octanol–water partition coefficient (Wildman–Crippen LogP) is 3.84. The molecule has 0 unspecified atom stereocenters. The van der Waals surface area contributed by atoms with Crippen molar-refractivity contribution >= 4 is 40.2 Å². The van der Waals surface area contributed by atoms with Gasteiger partial charge >= 0.3 is 0 Å². The van der Waals surface area contributed by atoms with E-state index in [2.05, 4.69) is 72.1 Å². The fraction of sp³-hybridized carbons (Fsp3) is 0.435. The van der Waals surface area contributed by atoms with Gasteiger partial charge in [0.25, 0.3) is 0 Å². The Balaban J connectivity index is 1.72. The molecule has 2 heterocycles. The van der Waals surface area contributed by atoms with E-state index < -0.39 is 0 Å². The predicted molar refractivity (Wildman–Crippen MR) is 129 cm³/mol. The number of nitrogens with zero attached hydrogens (tertiary/aromatic N) is 3. The van der Waals surface area contributed by atoms with Gasteiger partial charge in [0.1, 0.15) is 5.84 Å². The second kappa shape index (κ2) is 8.36. The molecule has 1 fully saturated rings. The first kappa shape index (κ1) is 20.8. The van der Waals surface area contributed by atoms with Gasteiger partial charge < -0.3 is 25.8 Å². The fourth-order valence-electron chi connectivity index (χ4n) is 4.28. The van der Waals surface area contributed by atoms with Gasteiger partial charge in [-0.25, -0.2) is 4.99 Å². The lowest BCUT2D eigenvalue weighted by Crippen LogP contribution is -2.58. The Labute approximate surface area is 184 Å². The summed E-state index contributed by atoms with van der Waals surface area (Å²) in [6.07, 6.45) is 1.97. The normalized spacial score (nSPS) is 17.0. The number of nitrogens with one attached hydrogen (secondary N) is 3. The highest BCUT2D eigenvalue weighted by molar-refractivity contribution is 6.30. The maximum absolute atomic E-state index is 6.18. The van der Waals surface area contributed by atoms with Crippen LogP contribution >= 0.6 is 11.6 Å². The van der Waals surface area contributed by atoms with Gasteiger partial charge in [-0.1, -0.05) is 23.7 Å². The van der Waals surface area contributed by atoms with E-state index in [1.165, 1.54) is 5.69 Å². The minimum absolute atomic E-state index is 0.181.